The van der Waals surface area contributed by atoms with Gasteiger partial charge in [0.2, 0.25) is 0 Å². The number of ether oxygens (including phenoxy) is 1. The van der Waals surface area contributed by atoms with Crippen LogP contribution in [0.4, 0.5) is 0 Å². The molecule has 0 amide bonds. The normalized spacial score (nSPS) is 19.6. The SMILES string of the molecule is CCCCOc1ccc(C(=O)C(C)c2ccc(C3CCC(N(C)C)C3)c(C)c2)c(C)c1. The van der Waals surface area contributed by atoms with Crippen molar-refractivity contribution in [2.45, 2.75) is 77.7 Å². The van der Waals surface area contributed by atoms with Crippen LogP contribution in [0.2, 0.25) is 0 Å². The second kappa shape index (κ2) is 10.5. The number of aryl methyl sites for hydroxylation is 2. The highest BCUT2D eigenvalue weighted by Crippen LogP contribution is 2.38. The van der Waals surface area contributed by atoms with Crippen molar-refractivity contribution in [3.8, 4) is 5.75 Å². The van der Waals surface area contributed by atoms with Crippen LogP contribution in [0.1, 0.15) is 90.4 Å². The largest absolute Gasteiger partial charge is 0.494 e. The van der Waals surface area contributed by atoms with E-state index in [0.717, 1.165) is 41.9 Å². The summed E-state index contributed by atoms with van der Waals surface area (Å²) in [6.45, 7) is 9.11. The van der Waals surface area contributed by atoms with Crippen molar-refractivity contribution in [3.63, 3.8) is 0 Å². The van der Waals surface area contributed by atoms with E-state index in [9.17, 15) is 4.79 Å². The second-order valence-electron chi connectivity index (χ2n) is 9.51. The van der Waals surface area contributed by atoms with Crippen LogP contribution >= 0.6 is 0 Å². The van der Waals surface area contributed by atoms with Crippen LogP contribution < -0.4 is 4.74 Å². The fourth-order valence-corrected chi connectivity index (χ4v) is 4.86. The third-order valence-corrected chi connectivity index (χ3v) is 6.99. The minimum absolute atomic E-state index is 0.156. The highest BCUT2D eigenvalue weighted by atomic mass is 16.5. The number of hydrogen-bond acceptors (Lipinski definition) is 3. The lowest BCUT2D eigenvalue weighted by molar-refractivity contribution is 0.0965. The Hall–Kier alpha value is -2.13. The van der Waals surface area contributed by atoms with E-state index in [2.05, 4.69) is 51.0 Å². The number of carbonyl (C=O) groups excluding carboxylic acids is 1. The molecule has 3 heteroatoms. The smallest absolute Gasteiger partial charge is 0.170 e. The van der Waals surface area contributed by atoms with Crippen molar-refractivity contribution in [3.05, 3.63) is 64.2 Å². The number of nitrogens with zero attached hydrogens (tertiary/aromatic N) is 1. The van der Waals surface area contributed by atoms with Crippen molar-refractivity contribution in [2.24, 2.45) is 0 Å². The lowest BCUT2D eigenvalue weighted by Crippen LogP contribution is -2.24. The summed E-state index contributed by atoms with van der Waals surface area (Å²) in [5, 5.41) is 0. The van der Waals surface area contributed by atoms with Gasteiger partial charge in [-0.1, -0.05) is 38.5 Å². The molecular weight excluding hydrogens is 382 g/mol. The van der Waals surface area contributed by atoms with Gasteiger partial charge in [-0.15, -0.1) is 0 Å². The molecule has 3 unspecified atom stereocenters. The van der Waals surface area contributed by atoms with Crippen molar-refractivity contribution in [1.82, 2.24) is 4.90 Å². The molecule has 168 valence electrons. The summed E-state index contributed by atoms with van der Waals surface area (Å²) in [7, 11) is 4.37. The molecular formula is C28H39NO2. The first-order chi connectivity index (χ1) is 14.8. The first-order valence-corrected chi connectivity index (χ1v) is 11.9. The Morgan fingerprint density at radius 1 is 1.10 bits per heavy atom. The van der Waals surface area contributed by atoms with E-state index in [4.69, 9.17) is 4.74 Å². The van der Waals surface area contributed by atoms with Crippen LogP contribution in [0.15, 0.2) is 36.4 Å². The Morgan fingerprint density at radius 3 is 2.48 bits per heavy atom. The fourth-order valence-electron chi connectivity index (χ4n) is 4.86. The number of benzene rings is 2. The van der Waals surface area contributed by atoms with Gasteiger partial charge in [-0.25, -0.2) is 0 Å². The van der Waals surface area contributed by atoms with E-state index >= 15 is 0 Å². The van der Waals surface area contributed by atoms with Gasteiger partial charge in [0.25, 0.3) is 0 Å². The quantitative estimate of drug-likeness (QED) is 0.335. The van der Waals surface area contributed by atoms with E-state index in [1.165, 1.54) is 30.4 Å². The van der Waals surface area contributed by atoms with Crippen molar-refractivity contribution in [1.29, 1.82) is 0 Å². The fraction of sp³-hybridized carbons (Fsp3) is 0.536. The van der Waals surface area contributed by atoms with E-state index in [-0.39, 0.29) is 11.7 Å². The monoisotopic (exact) mass is 421 g/mol. The van der Waals surface area contributed by atoms with Gasteiger partial charge in [0.15, 0.2) is 5.78 Å². The molecule has 0 heterocycles. The number of rotatable bonds is 9. The average Bonchev–Trinajstić information content (AvgIpc) is 3.23. The highest BCUT2D eigenvalue weighted by Gasteiger charge is 2.28. The molecule has 0 saturated heterocycles. The Labute approximate surface area is 188 Å². The molecule has 0 aromatic heterocycles. The van der Waals surface area contributed by atoms with Crippen LogP contribution in [0.25, 0.3) is 0 Å². The van der Waals surface area contributed by atoms with Crippen LogP contribution in [0, 0.1) is 13.8 Å². The van der Waals surface area contributed by atoms with Gasteiger partial charge in [0.1, 0.15) is 5.75 Å². The molecule has 3 rings (SSSR count). The van der Waals surface area contributed by atoms with Crippen LogP contribution in [-0.2, 0) is 0 Å². The summed E-state index contributed by atoms with van der Waals surface area (Å²) < 4.78 is 5.79. The molecule has 1 saturated carbocycles. The Bertz CT molecular complexity index is 902. The predicted molar refractivity (Wildman–Crippen MR) is 130 cm³/mol. The highest BCUT2D eigenvalue weighted by molar-refractivity contribution is 6.02. The molecule has 0 bridgehead atoms. The minimum atomic E-state index is -0.156. The summed E-state index contributed by atoms with van der Waals surface area (Å²) in [5.74, 6) is 1.51. The zero-order valence-corrected chi connectivity index (χ0v) is 20.2. The van der Waals surface area contributed by atoms with Gasteiger partial charge in [0.05, 0.1) is 6.61 Å². The molecule has 31 heavy (non-hydrogen) atoms. The Balaban J connectivity index is 1.72. The number of Topliss-reactive ketones (excluding diaryl/α,β-unsaturated/α-hetero) is 1. The third-order valence-electron chi connectivity index (χ3n) is 6.99. The van der Waals surface area contributed by atoms with Gasteiger partial charge in [-0.3, -0.25) is 4.79 Å². The zero-order valence-electron chi connectivity index (χ0n) is 20.2. The van der Waals surface area contributed by atoms with Gasteiger partial charge >= 0.3 is 0 Å². The number of unbranched alkanes of at least 4 members (excludes halogenated alkanes) is 1. The van der Waals surface area contributed by atoms with E-state index < -0.39 is 0 Å². The van der Waals surface area contributed by atoms with Crippen molar-refractivity contribution in [2.75, 3.05) is 20.7 Å². The molecule has 1 aliphatic carbocycles. The Morgan fingerprint density at radius 2 is 1.87 bits per heavy atom. The molecule has 2 aromatic rings. The van der Waals surface area contributed by atoms with Crippen molar-refractivity contribution < 1.29 is 9.53 Å². The first-order valence-electron chi connectivity index (χ1n) is 11.9. The van der Waals surface area contributed by atoms with E-state index in [1.807, 2.05) is 32.0 Å². The molecule has 1 fully saturated rings. The zero-order chi connectivity index (χ0) is 22.5. The summed E-state index contributed by atoms with van der Waals surface area (Å²) in [6.07, 6.45) is 5.91. The third kappa shape index (κ3) is 5.57. The van der Waals surface area contributed by atoms with E-state index in [0.29, 0.717) is 12.0 Å². The van der Waals surface area contributed by atoms with Crippen LogP contribution in [-0.4, -0.2) is 37.4 Å². The molecule has 0 aliphatic heterocycles. The minimum Gasteiger partial charge on any atom is -0.494 e. The molecule has 0 radical (unpaired) electrons. The average molecular weight is 422 g/mol. The molecule has 1 aliphatic rings. The summed E-state index contributed by atoms with van der Waals surface area (Å²) in [6, 6.07) is 13.2. The van der Waals surface area contributed by atoms with Crippen LogP contribution in [0.5, 0.6) is 5.75 Å². The van der Waals surface area contributed by atoms with Crippen molar-refractivity contribution >= 4 is 5.78 Å². The van der Waals surface area contributed by atoms with Crippen LogP contribution in [0.3, 0.4) is 0 Å². The summed E-state index contributed by atoms with van der Waals surface area (Å²) in [5.41, 5.74) is 5.66. The molecule has 3 nitrogen and oxygen atoms in total. The lowest BCUT2D eigenvalue weighted by atomic mass is 9.86. The summed E-state index contributed by atoms with van der Waals surface area (Å²) >= 11 is 0. The second-order valence-corrected chi connectivity index (χ2v) is 9.51. The molecule has 3 atom stereocenters. The summed E-state index contributed by atoms with van der Waals surface area (Å²) in [4.78, 5) is 15.6. The van der Waals surface area contributed by atoms with Gasteiger partial charge in [0, 0.05) is 17.5 Å². The topological polar surface area (TPSA) is 29.5 Å². The lowest BCUT2D eigenvalue weighted by Gasteiger charge is -2.20. The first kappa shape index (κ1) is 23.5. The van der Waals surface area contributed by atoms with Gasteiger partial charge in [-0.2, -0.15) is 0 Å². The molecule has 0 spiro atoms. The van der Waals surface area contributed by atoms with E-state index in [1.54, 1.807) is 0 Å². The maximum absolute atomic E-state index is 13.3. The maximum Gasteiger partial charge on any atom is 0.170 e. The van der Waals surface area contributed by atoms with Gasteiger partial charge < -0.3 is 9.64 Å². The maximum atomic E-state index is 13.3. The van der Waals surface area contributed by atoms with Gasteiger partial charge in [-0.05, 0) is 100.0 Å². The molecule has 2 aromatic carbocycles. The Kier molecular flexibility index (Phi) is 7.94. The molecule has 0 N–H and O–H groups in total. The standard InChI is InChI=1S/C28H39NO2/c1-7-8-15-31-25-12-14-27(20(3)17-25)28(30)21(4)22-10-13-26(19(2)16-22)23-9-11-24(18-23)29(5)6/h10,12-14,16-17,21,23-24H,7-9,11,15,18H2,1-6H3. The predicted octanol–water partition coefficient (Wildman–Crippen LogP) is 6.67. The number of carbonyl (C=O) groups is 1. The number of hydrogen-bond donors (Lipinski definition) is 0. The number of ketones is 1.